The van der Waals surface area contributed by atoms with Crippen LogP contribution >= 0.6 is 0 Å². The maximum Gasteiger partial charge on any atom is 0.410 e. The number of hydrogen-bond donors (Lipinski definition) is 1. The van der Waals surface area contributed by atoms with Crippen molar-refractivity contribution in [2.75, 3.05) is 20.1 Å². The summed E-state index contributed by atoms with van der Waals surface area (Å²) in [7, 11) is 1.54. The van der Waals surface area contributed by atoms with Crippen molar-refractivity contribution in [3.63, 3.8) is 0 Å². The van der Waals surface area contributed by atoms with Gasteiger partial charge in [-0.2, -0.15) is 0 Å². The number of carbonyl (C=O) groups excluding carboxylic acids is 2. The van der Waals surface area contributed by atoms with Crippen molar-refractivity contribution in [2.45, 2.75) is 33.8 Å². The molecular weight excluding hydrogens is 208 g/mol. The van der Waals surface area contributed by atoms with E-state index in [4.69, 9.17) is 4.74 Å². The van der Waals surface area contributed by atoms with Crippen molar-refractivity contribution < 1.29 is 14.3 Å². The molecule has 94 valence electrons. The number of carbonyl (C=O) groups is 2. The molecule has 0 aromatic rings. The van der Waals surface area contributed by atoms with Crippen molar-refractivity contribution in [3.05, 3.63) is 0 Å². The Kier molecular flexibility index (Phi) is 6.53. The molecule has 0 rings (SSSR count). The Balaban J connectivity index is 3.90. The number of nitrogens with one attached hydrogen (secondary N) is 1. The number of hydrogen-bond acceptors (Lipinski definition) is 3. The van der Waals surface area contributed by atoms with Crippen molar-refractivity contribution in [2.24, 2.45) is 5.92 Å². The summed E-state index contributed by atoms with van der Waals surface area (Å²) in [6, 6.07) is 0. The fourth-order valence-electron chi connectivity index (χ4n) is 0.945. The van der Waals surface area contributed by atoms with E-state index in [1.165, 1.54) is 4.90 Å². The zero-order valence-corrected chi connectivity index (χ0v) is 10.7. The van der Waals surface area contributed by atoms with E-state index in [2.05, 4.69) is 5.32 Å². The second-order valence-corrected chi connectivity index (χ2v) is 4.49. The Bertz CT molecular complexity index is 239. The van der Waals surface area contributed by atoms with Crippen molar-refractivity contribution >= 4 is 12.0 Å². The van der Waals surface area contributed by atoms with Gasteiger partial charge in [0, 0.05) is 13.6 Å². The van der Waals surface area contributed by atoms with E-state index in [9.17, 15) is 9.59 Å². The minimum absolute atomic E-state index is 0.0261. The lowest BCUT2D eigenvalue weighted by Crippen LogP contribution is -2.40. The van der Waals surface area contributed by atoms with Gasteiger partial charge in [-0.3, -0.25) is 4.79 Å². The fourth-order valence-corrected chi connectivity index (χ4v) is 0.945. The molecule has 0 spiro atoms. The van der Waals surface area contributed by atoms with Gasteiger partial charge in [-0.1, -0.05) is 13.8 Å². The number of nitrogens with zero attached hydrogens (tertiary/aromatic N) is 1. The van der Waals surface area contributed by atoms with E-state index in [0.29, 0.717) is 12.5 Å². The summed E-state index contributed by atoms with van der Waals surface area (Å²) < 4.78 is 4.95. The normalized spacial score (nSPS) is 10.4. The lowest BCUT2D eigenvalue weighted by Gasteiger charge is -2.18. The third-order valence-electron chi connectivity index (χ3n) is 1.74. The molecule has 0 aliphatic rings. The predicted molar refractivity (Wildman–Crippen MR) is 62.1 cm³/mol. The molecule has 16 heavy (non-hydrogen) atoms. The summed E-state index contributed by atoms with van der Waals surface area (Å²) in [6.07, 6.45) is -0.650. The average molecular weight is 230 g/mol. The van der Waals surface area contributed by atoms with Crippen LogP contribution in [0.2, 0.25) is 0 Å². The molecule has 0 unspecified atom stereocenters. The summed E-state index contributed by atoms with van der Waals surface area (Å²) >= 11 is 0. The third-order valence-corrected chi connectivity index (χ3v) is 1.74. The Morgan fingerprint density at radius 3 is 2.25 bits per heavy atom. The maximum absolute atomic E-state index is 11.4. The molecule has 2 amide bonds. The first-order valence-corrected chi connectivity index (χ1v) is 5.51. The molecule has 0 radical (unpaired) electrons. The molecule has 1 N–H and O–H groups in total. The Labute approximate surface area is 97.1 Å². The first kappa shape index (κ1) is 14.7. The summed E-state index contributed by atoms with van der Waals surface area (Å²) in [6.45, 7) is 8.20. The molecule has 0 aromatic carbocycles. The van der Waals surface area contributed by atoms with Gasteiger partial charge in [-0.05, 0) is 19.8 Å². The second kappa shape index (κ2) is 7.09. The van der Waals surface area contributed by atoms with Crippen LogP contribution in [0.5, 0.6) is 0 Å². The molecule has 0 saturated heterocycles. The van der Waals surface area contributed by atoms with Crippen molar-refractivity contribution in [1.29, 1.82) is 0 Å². The van der Waals surface area contributed by atoms with Crippen LogP contribution in [0.1, 0.15) is 27.7 Å². The second-order valence-electron chi connectivity index (χ2n) is 4.49. The molecule has 5 heteroatoms. The highest BCUT2D eigenvalue weighted by Gasteiger charge is 2.14. The predicted octanol–water partition coefficient (Wildman–Crippen LogP) is 1.24. The average Bonchev–Trinajstić information content (AvgIpc) is 2.13. The summed E-state index contributed by atoms with van der Waals surface area (Å²) in [5.41, 5.74) is 0. The van der Waals surface area contributed by atoms with Crippen LogP contribution in [0.15, 0.2) is 0 Å². The molecule has 0 aliphatic carbocycles. The van der Waals surface area contributed by atoms with Crippen molar-refractivity contribution in [1.82, 2.24) is 10.2 Å². The molecule has 0 fully saturated rings. The lowest BCUT2D eigenvalue weighted by atomic mass is 10.2. The van der Waals surface area contributed by atoms with E-state index in [0.717, 1.165) is 0 Å². The van der Waals surface area contributed by atoms with Gasteiger partial charge in [-0.15, -0.1) is 0 Å². The fraction of sp³-hybridized carbons (Fsp3) is 0.818. The highest BCUT2D eigenvalue weighted by atomic mass is 16.6. The van der Waals surface area contributed by atoms with Crippen LogP contribution in [0.3, 0.4) is 0 Å². The molecule has 0 saturated carbocycles. The highest BCUT2D eigenvalue weighted by Crippen LogP contribution is 1.95. The maximum atomic E-state index is 11.4. The quantitative estimate of drug-likeness (QED) is 0.773. The van der Waals surface area contributed by atoms with Gasteiger partial charge in [0.05, 0.1) is 6.10 Å². The molecule has 0 aliphatic heterocycles. The van der Waals surface area contributed by atoms with E-state index < -0.39 is 6.09 Å². The van der Waals surface area contributed by atoms with Crippen LogP contribution in [0, 0.1) is 5.92 Å². The van der Waals surface area contributed by atoms with E-state index in [1.807, 2.05) is 13.8 Å². The topological polar surface area (TPSA) is 58.6 Å². The van der Waals surface area contributed by atoms with Crippen LogP contribution in [-0.4, -0.2) is 43.1 Å². The standard InChI is InChI=1S/C11H22N2O3/c1-8(2)6-12-10(14)7-13(5)11(15)16-9(3)4/h8-9H,6-7H2,1-5H3,(H,12,14). The molecule has 5 nitrogen and oxygen atoms in total. The number of amides is 2. The SMILES string of the molecule is CC(C)CNC(=O)CN(C)C(=O)OC(C)C. The van der Waals surface area contributed by atoms with E-state index in [-0.39, 0.29) is 18.6 Å². The van der Waals surface area contributed by atoms with Gasteiger partial charge >= 0.3 is 6.09 Å². The van der Waals surface area contributed by atoms with Gasteiger partial charge in [0.15, 0.2) is 0 Å². The lowest BCUT2D eigenvalue weighted by molar-refractivity contribution is -0.121. The van der Waals surface area contributed by atoms with Crippen LogP contribution in [-0.2, 0) is 9.53 Å². The van der Waals surface area contributed by atoms with Crippen molar-refractivity contribution in [3.8, 4) is 0 Å². The monoisotopic (exact) mass is 230 g/mol. The summed E-state index contributed by atoms with van der Waals surface area (Å²) in [5, 5.41) is 2.73. The smallest absolute Gasteiger partial charge is 0.410 e. The largest absolute Gasteiger partial charge is 0.447 e. The number of ether oxygens (including phenoxy) is 1. The van der Waals surface area contributed by atoms with Gasteiger partial charge in [0.1, 0.15) is 6.54 Å². The van der Waals surface area contributed by atoms with Crippen LogP contribution < -0.4 is 5.32 Å². The van der Waals surface area contributed by atoms with Crippen LogP contribution in [0.25, 0.3) is 0 Å². The van der Waals surface area contributed by atoms with E-state index >= 15 is 0 Å². The minimum atomic E-state index is -0.477. The van der Waals surface area contributed by atoms with Crippen LogP contribution in [0.4, 0.5) is 4.79 Å². The number of rotatable bonds is 5. The Morgan fingerprint density at radius 1 is 1.25 bits per heavy atom. The number of likely N-dealkylation sites (N-methyl/N-ethyl adjacent to an activating group) is 1. The Morgan fingerprint density at radius 2 is 1.81 bits per heavy atom. The van der Waals surface area contributed by atoms with Gasteiger partial charge in [0.2, 0.25) is 5.91 Å². The molecule has 0 atom stereocenters. The first-order valence-electron chi connectivity index (χ1n) is 5.51. The highest BCUT2D eigenvalue weighted by molar-refractivity contribution is 5.82. The van der Waals surface area contributed by atoms with Gasteiger partial charge in [0.25, 0.3) is 0 Å². The first-order chi connectivity index (χ1) is 7.32. The molecule has 0 heterocycles. The summed E-state index contributed by atoms with van der Waals surface area (Å²) in [5.74, 6) is 0.230. The summed E-state index contributed by atoms with van der Waals surface area (Å²) in [4.78, 5) is 24.0. The van der Waals surface area contributed by atoms with Gasteiger partial charge < -0.3 is 15.0 Å². The molecule has 0 bridgehead atoms. The third kappa shape index (κ3) is 7.09. The Hall–Kier alpha value is -1.26. The molecule has 0 aromatic heterocycles. The van der Waals surface area contributed by atoms with E-state index in [1.54, 1.807) is 20.9 Å². The molecular formula is C11H22N2O3. The zero-order chi connectivity index (χ0) is 12.7. The zero-order valence-electron chi connectivity index (χ0n) is 10.7. The minimum Gasteiger partial charge on any atom is -0.447 e. The van der Waals surface area contributed by atoms with Gasteiger partial charge in [-0.25, -0.2) is 4.79 Å².